The Bertz CT molecular complexity index is 2450. The first-order valence-corrected chi connectivity index (χ1v) is 22.9. The smallest absolute Gasteiger partial charge is 0.259 e. The number of oxazole rings is 1. The zero-order valence-corrected chi connectivity index (χ0v) is 40.1. The number of aromatic nitrogens is 2. The summed E-state index contributed by atoms with van der Waals surface area (Å²) in [5.74, 6) is -0.237. The third kappa shape index (κ3) is 12.3. The molecule has 67 heavy (non-hydrogen) atoms. The Morgan fingerprint density at radius 2 is 1.70 bits per heavy atom. The number of benzene rings is 2. The van der Waals surface area contributed by atoms with E-state index >= 15 is 0 Å². The number of thiocarbonyl (C=S) groups is 1. The number of nitrogens with one attached hydrogen (secondary N) is 2. The molecule has 0 aliphatic carbocycles. The summed E-state index contributed by atoms with van der Waals surface area (Å²) < 4.78 is 22.7. The predicted molar refractivity (Wildman–Crippen MR) is 254 cm³/mol. The minimum Gasteiger partial charge on any atom is -0.494 e. The molecule has 0 unspecified atom stereocenters. The fraction of sp³-hybridized carbons (Fsp3) is 0.458. The zero-order chi connectivity index (χ0) is 48.5. The third-order valence-electron chi connectivity index (χ3n) is 11.4. The number of aliphatic hydroxyl groups is 1. The van der Waals surface area contributed by atoms with Crippen LogP contribution in [0.25, 0.3) is 11.3 Å². The topological polar surface area (TPSA) is 213 Å². The maximum Gasteiger partial charge on any atom is 0.259 e. The van der Waals surface area contributed by atoms with Crippen molar-refractivity contribution in [2.75, 3.05) is 49.4 Å². The van der Waals surface area contributed by atoms with Gasteiger partial charge in [0.2, 0.25) is 17.7 Å². The number of aryl methyl sites for hydroxylation is 1. The van der Waals surface area contributed by atoms with Gasteiger partial charge in [-0.3, -0.25) is 24.1 Å². The molecular weight excluding hydrogens is 900 g/mol. The van der Waals surface area contributed by atoms with E-state index in [9.17, 15) is 29.5 Å². The Morgan fingerprint density at radius 1 is 1.01 bits per heavy atom. The number of halogens is 1. The van der Waals surface area contributed by atoms with Crippen LogP contribution in [0.5, 0.6) is 5.75 Å². The Labute approximate surface area is 400 Å². The summed E-state index contributed by atoms with van der Waals surface area (Å²) in [6.07, 6.45) is 4.07. The van der Waals surface area contributed by atoms with Gasteiger partial charge in [0.1, 0.15) is 36.0 Å². The first-order chi connectivity index (χ1) is 31.9. The maximum atomic E-state index is 13.9. The van der Waals surface area contributed by atoms with Crippen LogP contribution in [0.1, 0.15) is 77.3 Å². The number of hydrogen-bond acceptors (Lipinski definition) is 13. The number of carbonyl (C=O) groups excluding carboxylic acids is 4. The maximum absolute atomic E-state index is 13.9. The largest absolute Gasteiger partial charge is 0.494 e. The fourth-order valence-corrected chi connectivity index (χ4v) is 8.51. The van der Waals surface area contributed by atoms with E-state index < -0.39 is 46.9 Å². The van der Waals surface area contributed by atoms with Crippen LogP contribution in [0.2, 0.25) is 5.02 Å². The van der Waals surface area contributed by atoms with Gasteiger partial charge in [0.25, 0.3) is 5.91 Å². The highest BCUT2D eigenvalue weighted by atomic mass is 35.5. The predicted octanol–water partition coefficient (Wildman–Crippen LogP) is 5.88. The number of amides is 4. The number of hydrogen-bond donors (Lipinski definition) is 3. The highest BCUT2D eigenvalue weighted by Gasteiger charge is 2.50. The molecule has 0 spiro atoms. The highest BCUT2D eigenvalue weighted by Crippen LogP contribution is 2.38. The lowest BCUT2D eigenvalue weighted by Gasteiger charge is -2.35. The zero-order valence-electron chi connectivity index (χ0n) is 38.5. The van der Waals surface area contributed by atoms with Gasteiger partial charge in [-0.15, -0.1) is 0 Å². The van der Waals surface area contributed by atoms with E-state index in [4.69, 9.17) is 42.4 Å². The van der Waals surface area contributed by atoms with Crippen molar-refractivity contribution in [1.29, 1.82) is 5.26 Å². The van der Waals surface area contributed by atoms with Gasteiger partial charge < -0.3 is 44.2 Å². The van der Waals surface area contributed by atoms with Crippen LogP contribution < -0.4 is 25.2 Å². The van der Waals surface area contributed by atoms with E-state index in [0.29, 0.717) is 49.1 Å². The highest BCUT2D eigenvalue weighted by molar-refractivity contribution is 7.81. The number of carbonyl (C=O) groups is 4. The summed E-state index contributed by atoms with van der Waals surface area (Å²) in [5, 5.41) is 25.8. The standard InChI is InChI=1S/C48H57ClN8O9S/c1-30-41(66-29-53-30)32-12-10-31(11-13-32)25-52-43(60)39-23-35(58)27-55(39)44(61)42(47(2,3)4)54-40(59)28-64-20-9-19-63-18-7-8-21-65-36-16-14-33(15-17-36)57-46(67)56(45(62)48(57,5)6)34-22-37(49)38(24-50)51-26-34/h10-17,22,26,29,35,39,42,58H,7-9,18-21,23,25,27-28H2,1-6H3,(H,52,60)(H,54,59)/t35-,39+,42-/m1/s1. The van der Waals surface area contributed by atoms with Crippen LogP contribution in [0.3, 0.4) is 0 Å². The lowest BCUT2D eigenvalue weighted by atomic mass is 9.85. The molecule has 4 aromatic rings. The molecule has 2 fully saturated rings. The quantitative estimate of drug-likeness (QED) is 0.0698. The number of ether oxygens (including phenoxy) is 3. The van der Waals surface area contributed by atoms with Crippen LogP contribution in [0.15, 0.2) is 71.6 Å². The second-order valence-electron chi connectivity index (χ2n) is 18.0. The van der Waals surface area contributed by atoms with Gasteiger partial charge in [0.05, 0.1) is 35.3 Å². The molecule has 3 atom stereocenters. The fourth-order valence-electron chi connectivity index (χ4n) is 7.79. The van der Waals surface area contributed by atoms with Crippen molar-refractivity contribution in [2.24, 2.45) is 5.41 Å². The first-order valence-electron chi connectivity index (χ1n) is 22.1. The summed E-state index contributed by atoms with van der Waals surface area (Å²) >= 11 is 11.9. The van der Waals surface area contributed by atoms with Crippen molar-refractivity contribution in [3.05, 3.63) is 89.2 Å². The molecule has 4 heterocycles. The lowest BCUT2D eigenvalue weighted by Crippen LogP contribution is -2.58. The van der Waals surface area contributed by atoms with Crippen LogP contribution in [-0.2, 0) is 35.2 Å². The van der Waals surface area contributed by atoms with Gasteiger partial charge in [-0.25, -0.2) is 9.97 Å². The number of β-amino-alcohol motifs (C(OH)–C–C–N with tert-alkyl or cyclic N) is 1. The van der Waals surface area contributed by atoms with Crippen molar-refractivity contribution in [2.45, 2.75) is 97.5 Å². The van der Waals surface area contributed by atoms with Crippen molar-refractivity contribution in [3.8, 4) is 23.1 Å². The molecule has 4 amide bonds. The Morgan fingerprint density at radius 3 is 2.36 bits per heavy atom. The Hall–Kier alpha value is -5.97. The summed E-state index contributed by atoms with van der Waals surface area (Å²) in [6.45, 7) is 12.5. The summed E-state index contributed by atoms with van der Waals surface area (Å²) in [7, 11) is 0. The number of likely N-dealkylation sites (tertiary alicyclic amines) is 1. The minimum atomic E-state index is -0.998. The number of nitrogens with zero attached hydrogens (tertiary/aromatic N) is 6. The monoisotopic (exact) mass is 956 g/mol. The number of pyridine rings is 1. The van der Waals surface area contributed by atoms with Gasteiger partial charge in [-0.05, 0) is 93.6 Å². The van der Waals surface area contributed by atoms with Crippen LogP contribution in [0.4, 0.5) is 11.4 Å². The van der Waals surface area contributed by atoms with E-state index in [2.05, 4.69) is 20.6 Å². The number of nitriles is 1. The number of anilines is 2. The second-order valence-corrected chi connectivity index (χ2v) is 18.7. The molecular formula is C48H57ClN8O9S. The van der Waals surface area contributed by atoms with Crippen LogP contribution >= 0.6 is 23.8 Å². The summed E-state index contributed by atoms with van der Waals surface area (Å²) in [4.78, 5) is 66.5. The van der Waals surface area contributed by atoms with Crippen molar-refractivity contribution in [3.63, 3.8) is 0 Å². The molecule has 2 aliphatic rings. The molecule has 2 aliphatic heterocycles. The molecule has 17 nitrogen and oxygen atoms in total. The van der Waals surface area contributed by atoms with Crippen molar-refractivity contribution in [1.82, 2.24) is 25.5 Å². The molecule has 19 heteroatoms. The van der Waals surface area contributed by atoms with Gasteiger partial charge in [0, 0.05) is 50.6 Å². The normalized spacial score (nSPS) is 17.4. The van der Waals surface area contributed by atoms with Gasteiger partial charge in [-0.2, -0.15) is 5.26 Å². The molecule has 2 aromatic heterocycles. The number of unbranched alkanes of at least 4 members (excludes halogenated alkanes) is 1. The molecule has 0 bridgehead atoms. The van der Waals surface area contributed by atoms with E-state index in [1.807, 2.05) is 82.3 Å². The molecule has 6 rings (SSSR count). The van der Waals surface area contributed by atoms with Crippen LogP contribution in [-0.4, -0.2) is 112 Å². The molecule has 2 aromatic carbocycles. The lowest BCUT2D eigenvalue weighted by molar-refractivity contribution is -0.144. The van der Waals surface area contributed by atoms with E-state index in [1.165, 1.54) is 28.5 Å². The van der Waals surface area contributed by atoms with E-state index in [1.54, 1.807) is 18.7 Å². The first kappa shape index (κ1) is 50.4. The summed E-state index contributed by atoms with van der Waals surface area (Å²) in [6, 6.07) is 16.4. The van der Waals surface area contributed by atoms with Gasteiger partial charge in [-0.1, -0.05) is 56.6 Å². The average molecular weight is 958 g/mol. The van der Waals surface area contributed by atoms with Gasteiger partial charge >= 0.3 is 0 Å². The molecule has 2 saturated heterocycles. The molecule has 0 radical (unpaired) electrons. The van der Waals surface area contributed by atoms with Crippen molar-refractivity contribution >= 4 is 63.9 Å². The Balaban J connectivity index is 0.856. The van der Waals surface area contributed by atoms with E-state index in [0.717, 1.165) is 29.7 Å². The summed E-state index contributed by atoms with van der Waals surface area (Å²) in [5.41, 5.74) is 1.93. The molecule has 356 valence electrons. The average Bonchev–Trinajstić information content (AvgIpc) is 3.96. The second kappa shape index (κ2) is 22.2. The SMILES string of the molecule is Cc1ncoc1-c1ccc(CNC(=O)[C@@H]2C[C@@H](O)CN2C(=O)[C@@H](NC(=O)COCCCOCCCCOc2ccc(N3C(=S)N(c4cnc(C#N)c(Cl)c4)C(=O)C3(C)C)cc2)C(C)(C)C)cc1. The van der Waals surface area contributed by atoms with Crippen LogP contribution in [0, 0.1) is 23.7 Å². The Kier molecular flexibility index (Phi) is 16.7. The van der Waals surface area contributed by atoms with E-state index in [-0.39, 0.29) is 54.5 Å². The van der Waals surface area contributed by atoms with Crippen molar-refractivity contribution < 1.29 is 42.9 Å². The minimum absolute atomic E-state index is 0.0282. The third-order valence-corrected chi connectivity index (χ3v) is 12.1. The number of aliphatic hydroxyl groups excluding tert-OH is 1. The molecule has 3 N–H and O–H groups in total. The van der Waals surface area contributed by atoms with Gasteiger partial charge in [0.15, 0.2) is 23.0 Å². The number of rotatable bonds is 20. The molecule has 0 saturated carbocycles.